The van der Waals surface area contributed by atoms with Crippen LogP contribution >= 0.6 is 31.9 Å². The second-order valence-corrected chi connectivity index (χ2v) is 12.3. The number of imide groups is 1. The lowest BCUT2D eigenvalue weighted by Crippen LogP contribution is -2.34. The zero-order chi connectivity index (χ0) is 27.1. The number of amides is 3. The summed E-state index contributed by atoms with van der Waals surface area (Å²) < 4.78 is 11.1. The number of hydrogen-bond donors (Lipinski definition) is 0. The molecule has 3 fully saturated rings. The molecule has 8 nitrogen and oxygen atoms in total. The van der Waals surface area contributed by atoms with Crippen molar-refractivity contribution < 1.29 is 28.7 Å². The molecule has 38 heavy (non-hydrogen) atoms. The molecule has 2 heterocycles. The molecule has 5 rings (SSSR count). The van der Waals surface area contributed by atoms with Gasteiger partial charge in [-0.3, -0.25) is 19.2 Å². The van der Waals surface area contributed by atoms with Crippen LogP contribution in [0.3, 0.4) is 0 Å². The van der Waals surface area contributed by atoms with Crippen molar-refractivity contribution in [2.45, 2.75) is 42.8 Å². The Morgan fingerprint density at radius 2 is 1.55 bits per heavy atom. The van der Waals surface area contributed by atoms with Gasteiger partial charge in [-0.25, -0.2) is 4.90 Å². The van der Waals surface area contributed by atoms with Crippen LogP contribution in [0.15, 0.2) is 42.5 Å². The highest BCUT2D eigenvalue weighted by Crippen LogP contribution is 2.45. The van der Waals surface area contributed by atoms with Gasteiger partial charge >= 0.3 is 5.97 Å². The fourth-order valence-electron chi connectivity index (χ4n) is 5.48. The number of esters is 1. The molecule has 0 spiro atoms. The molecule has 1 saturated carbocycles. The number of fused-ring (bicyclic) bond motifs is 1. The minimum absolute atomic E-state index is 0.0613. The maximum Gasteiger partial charge on any atom is 0.316 e. The van der Waals surface area contributed by atoms with E-state index in [9.17, 15) is 19.2 Å². The van der Waals surface area contributed by atoms with Gasteiger partial charge in [0.25, 0.3) is 0 Å². The van der Waals surface area contributed by atoms with Crippen LogP contribution in [-0.4, -0.2) is 46.5 Å². The number of anilines is 2. The SMILES string of the molecule is CCOc1ccc(N2C[C@H](C(=O)Oc3ccc(N4C(=O)[C@H]5C[C@H](Br)[C@@H](Br)C[C@H]5C4=O)c(C)c3)CC2=O)cc1. The Balaban J connectivity index is 1.25. The number of carbonyl (C=O) groups is 4. The number of hydrogen-bond acceptors (Lipinski definition) is 6. The van der Waals surface area contributed by atoms with E-state index in [0.717, 1.165) is 0 Å². The van der Waals surface area contributed by atoms with Gasteiger partial charge in [-0.1, -0.05) is 31.9 Å². The number of benzene rings is 2. The number of carbonyl (C=O) groups excluding carboxylic acids is 4. The van der Waals surface area contributed by atoms with Crippen molar-refractivity contribution in [2.75, 3.05) is 23.0 Å². The topological polar surface area (TPSA) is 93.2 Å². The molecule has 0 radical (unpaired) electrons. The summed E-state index contributed by atoms with van der Waals surface area (Å²) in [6.07, 6.45) is 1.26. The molecule has 10 heteroatoms. The summed E-state index contributed by atoms with van der Waals surface area (Å²) >= 11 is 7.22. The fraction of sp³-hybridized carbons (Fsp3) is 0.429. The van der Waals surface area contributed by atoms with E-state index in [1.165, 1.54) is 4.90 Å². The third kappa shape index (κ3) is 5.00. The van der Waals surface area contributed by atoms with E-state index in [0.29, 0.717) is 47.9 Å². The molecular formula is C28H28Br2N2O6. The highest BCUT2D eigenvalue weighted by molar-refractivity contribution is 9.12. The van der Waals surface area contributed by atoms with Gasteiger partial charge < -0.3 is 14.4 Å². The average molecular weight is 648 g/mol. The van der Waals surface area contributed by atoms with Crippen molar-refractivity contribution in [3.63, 3.8) is 0 Å². The summed E-state index contributed by atoms with van der Waals surface area (Å²) in [4.78, 5) is 55.0. The summed E-state index contributed by atoms with van der Waals surface area (Å²) in [5.41, 5.74) is 1.86. The highest BCUT2D eigenvalue weighted by Gasteiger charge is 2.52. The van der Waals surface area contributed by atoms with E-state index in [4.69, 9.17) is 9.47 Å². The Labute approximate surface area is 237 Å². The second-order valence-electron chi connectivity index (χ2n) is 9.93. The summed E-state index contributed by atoms with van der Waals surface area (Å²) in [5.74, 6) is -1.27. The maximum absolute atomic E-state index is 13.2. The smallest absolute Gasteiger partial charge is 0.316 e. The molecule has 3 amide bonds. The third-order valence-corrected chi connectivity index (χ3v) is 10.2. The first-order valence-corrected chi connectivity index (χ1v) is 14.5. The Morgan fingerprint density at radius 3 is 2.13 bits per heavy atom. The van der Waals surface area contributed by atoms with Crippen LogP contribution in [0.2, 0.25) is 0 Å². The monoisotopic (exact) mass is 646 g/mol. The van der Waals surface area contributed by atoms with Crippen LogP contribution in [0.1, 0.15) is 31.7 Å². The van der Waals surface area contributed by atoms with Gasteiger partial charge in [0.1, 0.15) is 11.5 Å². The second kappa shape index (κ2) is 10.8. The minimum Gasteiger partial charge on any atom is -0.494 e. The summed E-state index contributed by atoms with van der Waals surface area (Å²) in [6, 6.07) is 12.1. The van der Waals surface area contributed by atoms with Gasteiger partial charge in [-0.15, -0.1) is 0 Å². The Bertz CT molecular complexity index is 1250. The van der Waals surface area contributed by atoms with Crippen LogP contribution in [0.4, 0.5) is 11.4 Å². The van der Waals surface area contributed by atoms with Crippen molar-refractivity contribution in [2.24, 2.45) is 17.8 Å². The first kappa shape index (κ1) is 26.9. The van der Waals surface area contributed by atoms with E-state index in [-0.39, 0.29) is 52.2 Å². The molecule has 0 N–H and O–H groups in total. The number of halogens is 2. The lowest BCUT2D eigenvalue weighted by Gasteiger charge is -2.29. The molecule has 3 aliphatic rings. The van der Waals surface area contributed by atoms with Crippen molar-refractivity contribution >= 4 is 66.9 Å². The summed E-state index contributed by atoms with van der Waals surface area (Å²) in [6.45, 7) is 4.46. The van der Waals surface area contributed by atoms with E-state index < -0.39 is 11.9 Å². The van der Waals surface area contributed by atoms with Gasteiger partial charge in [-0.2, -0.15) is 0 Å². The van der Waals surface area contributed by atoms with Crippen LogP contribution in [0, 0.1) is 24.7 Å². The van der Waals surface area contributed by atoms with E-state index in [1.54, 1.807) is 54.3 Å². The standard InChI is InChI=1S/C28H28Br2N2O6/c1-3-37-18-6-4-17(5-7-18)31-14-16(11-25(31)33)28(36)38-19-8-9-24(15(2)10-19)32-26(34)20-12-22(29)23(30)13-21(20)27(32)35/h4-10,16,20-23H,3,11-14H2,1-2H3/t16-,20-,21+,22+,23+/m1/s1. The Hall–Kier alpha value is -2.72. The summed E-state index contributed by atoms with van der Waals surface area (Å²) in [7, 11) is 0. The molecule has 0 unspecified atom stereocenters. The lowest BCUT2D eigenvalue weighted by molar-refractivity contribution is -0.139. The summed E-state index contributed by atoms with van der Waals surface area (Å²) in [5, 5.41) is 0. The van der Waals surface area contributed by atoms with Crippen molar-refractivity contribution in [3.8, 4) is 11.5 Å². The molecule has 5 atom stereocenters. The zero-order valence-electron chi connectivity index (χ0n) is 21.1. The van der Waals surface area contributed by atoms with Crippen LogP contribution in [-0.2, 0) is 19.2 Å². The normalized spacial score (nSPS) is 27.1. The predicted octanol–water partition coefficient (Wildman–Crippen LogP) is 4.78. The van der Waals surface area contributed by atoms with Crippen molar-refractivity contribution in [1.82, 2.24) is 0 Å². The van der Waals surface area contributed by atoms with Gasteiger partial charge in [0.05, 0.1) is 30.0 Å². The van der Waals surface area contributed by atoms with Gasteiger partial charge in [0.2, 0.25) is 17.7 Å². The van der Waals surface area contributed by atoms with Crippen molar-refractivity contribution in [3.05, 3.63) is 48.0 Å². The van der Waals surface area contributed by atoms with Crippen LogP contribution in [0.5, 0.6) is 11.5 Å². The Morgan fingerprint density at radius 1 is 0.947 bits per heavy atom. The first-order chi connectivity index (χ1) is 18.2. The molecule has 2 aromatic rings. The van der Waals surface area contributed by atoms with Gasteiger partial charge in [0, 0.05) is 28.3 Å². The van der Waals surface area contributed by atoms with Crippen LogP contribution in [0.25, 0.3) is 0 Å². The fourth-order valence-corrected chi connectivity index (χ4v) is 6.72. The molecular weight excluding hydrogens is 620 g/mol. The van der Waals surface area contributed by atoms with E-state index >= 15 is 0 Å². The number of aryl methyl sites for hydroxylation is 1. The molecule has 200 valence electrons. The van der Waals surface area contributed by atoms with E-state index in [1.807, 2.05) is 6.92 Å². The van der Waals surface area contributed by atoms with Gasteiger partial charge in [-0.05, 0) is 74.7 Å². The van der Waals surface area contributed by atoms with E-state index in [2.05, 4.69) is 31.9 Å². The van der Waals surface area contributed by atoms with Crippen LogP contribution < -0.4 is 19.3 Å². The maximum atomic E-state index is 13.2. The molecule has 2 aliphatic heterocycles. The molecule has 2 saturated heterocycles. The average Bonchev–Trinajstić information content (AvgIpc) is 3.38. The molecule has 1 aliphatic carbocycles. The first-order valence-electron chi connectivity index (χ1n) is 12.7. The third-order valence-electron chi connectivity index (χ3n) is 7.46. The highest BCUT2D eigenvalue weighted by atomic mass is 79.9. The number of alkyl halides is 2. The number of ether oxygens (including phenoxy) is 2. The van der Waals surface area contributed by atoms with Gasteiger partial charge in [0.15, 0.2) is 0 Å². The molecule has 0 bridgehead atoms. The Kier molecular flexibility index (Phi) is 7.64. The molecule has 0 aromatic heterocycles. The zero-order valence-corrected chi connectivity index (χ0v) is 24.2. The van der Waals surface area contributed by atoms with Crippen molar-refractivity contribution in [1.29, 1.82) is 0 Å². The number of rotatable bonds is 6. The predicted molar refractivity (Wildman–Crippen MR) is 149 cm³/mol. The quantitative estimate of drug-likeness (QED) is 0.194. The number of nitrogens with zero attached hydrogens (tertiary/aromatic N) is 2. The minimum atomic E-state index is -0.603. The molecule has 2 aromatic carbocycles. The lowest BCUT2D eigenvalue weighted by atomic mass is 9.81. The largest absolute Gasteiger partial charge is 0.494 e.